The maximum Gasteiger partial charge on any atom is 0.119 e. The smallest absolute Gasteiger partial charge is 0.119 e. The first-order valence-corrected chi connectivity index (χ1v) is 8.19. The standard InChI is InChI=1S/C20H27NO/c1-5-17-9-7-8-16(4)20(17)21-14-18(6-2)22-19-12-10-15(3)11-13-19/h7-13,18,21H,5-6,14H2,1-4H3/t18-/m0/s1. The normalized spacial score (nSPS) is 12.0. The summed E-state index contributed by atoms with van der Waals surface area (Å²) in [4.78, 5) is 0. The lowest BCUT2D eigenvalue weighted by Crippen LogP contribution is -2.26. The van der Waals surface area contributed by atoms with Crippen LogP contribution in [-0.4, -0.2) is 12.6 Å². The van der Waals surface area contributed by atoms with Crippen LogP contribution in [0.5, 0.6) is 5.75 Å². The zero-order chi connectivity index (χ0) is 15.9. The van der Waals surface area contributed by atoms with Gasteiger partial charge in [-0.2, -0.15) is 0 Å². The minimum atomic E-state index is 0.173. The van der Waals surface area contributed by atoms with Crippen molar-refractivity contribution in [1.82, 2.24) is 0 Å². The number of anilines is 1. The van der Waals surface area contributed by atoms with Crippen molar-refractivity contribution in [2.45, 2.75) is 46.6 Å². The van der Waals surface area contributed by atoms with Crippen LogP contribution in [0.2, 0.25) is 0 Å². The molecule has 22 heavy (non-hydrogen) atoms. The average Bonchev–Trinajstić information content (AvgIpc) is 2.54. The number of hydrogen-bond acceptors (Lipinski definition) is 2. The summed E-state index contributed by atoms with van der Waals surface area (Å²) in [6.45, 7) is 9.43. The van der Waals surface area contributed by atoms with E-state index in [0.717, 1.165) is 25.1 Å². The van der Waals surface area contributed by atoms with Gasteiger partial charge in [-0.3, -0.25) is 0 Å². The van der Waals surface area contributed by atoms with Gasteiger partial charge in [0.25, 0.3) is 0 Å². The third kappa shape index (κ3) is 4.27. The average molecular weight is 297 g/mol. The zero-order valence-corrected chi connectivity index (χ0v) is 14.1. The van der Waals surface area contributed by atoms with Crippen LogP contribution >= 0.6 is 0 Å². The molecule has 0 aliphatic heterocycles. The predicted molar refractivity (Wildman–Crippen MR) is 94.9 cm³/mol. The lowest BCUT2D eigenvalue weighted by Gasteiger charge is -2.21. The van der Waals surface area contributed by atoms with Crippen molar-refractivity contribution < 1.29 is 4.74 Å². The molecule has 0 aromatic heterocycles. The Labute approximate surface area is 134 Å². The van der Waals surface area contributed by atoms with E-state index in [9.17, 15) is 0 Å². The molecule has 0 aliphatic rings. The minimum absolute atomic E-state index is 0.173. The molecule has 0 spiro atoms. The molecule has 2 aromatic rings. The molecule has 0 heterocycles. The molecular formula is C20H27NO. The molecule has 0 radical (unpaired) electrons. The zero-order valence-electron chi connectivity index (χ0n) is 14.1. The lowest BCUT2D eigenvalue weighted by molar-refractivity contribution is 0.210. The SMILES string of the molecule is CCc1cccc(C)c1NC[C@H](CC)Oc1ccc(C)cc1. The molecule has 0 saturated carbocycles. The Morgan fingerprint density at radius 2 is 1.73 bits per heavy atom. The van der Waals surface area contributed by atoms with Crippen molar-refractivity contribution in [3.05, 3.63) is 59.2 Å². The van der Waals surface area contributed by atoms with Crippen molar-refractivity contribution in [2.75, 3.05) is 11.9 Å². The van der Waals surface area contributed by atoms with Crippen LogP contribution in [0, 0.1) is 13.8 Å². The largest absolute Gasteiger partial charge is 0.489 e. The summed E-state index contributed by atoms with van der Waals surface area (Å²) in [5.74, 6) is 0.944. The Bertz CT molecular complexity index is 589. The summed E-state index contributed by atoms with van der Waals surface area (Å²) in [7, 11) is 0. The molecular weight excluding hydrogens is 270 g/mol. The Balaban J connectivity index is 2.01. The van der Waals surface area contributed by atoms with Crippen molar-refractivity contribution in [3.8, 4) is 5.75 Å². The summed E-state index contributed by atoms with van der Waals surface area (Å²) >= 11 is 0. The molecule has 0 unspecified atom stereocenters. The van der Waals surface area contributed by atoms with Crippen LogP contribution in [0.1, 0.15) is 37.0 Å². The number of rotatable bonds is 7. The van der Waals surface area contributed by atoms with Gasteiger partial charge >= 0.3 is 0 Å². The van der Waals surface area contributed by atoms with Crippen LogP contribution < -0.4 is 10.1 Å². The van der Waals surface area contributed by atoms with E-state index in [1.54, 1.807) is 0 Å². The third-order valence-electron chi connectivity index (χ3n) is 4.03. The fourth-order valence-electron chi connectivity index (χ4n) is 2.57. The van der Waals surface area contributed by atoms with E-state index < -0.39 is 0 Å². The van der Waals surface area contributed by atoms with Gasteiger partial charge in [-0.1, -0.05) is 49.7 Å². The van der Waals surface area contributed by atoms with Gasteiger partial charge in [0.15, 0.2) is 0 Å². The molecule has 0 saturated heterocycles. The summed E-state index contributed by atoms with van der Waals surface area (Å²) < 4.78 is 6.09. The van der Waals surface area contributed by atoms with E-state index in [1.165, 1.54) is 22.4 Å². The van der Waals surface area contributed by atoms with Crippen LogP contribution in [0.4, 0.5) is 5.69 Å². The molecule has 0 aliphatic carbocycles. The van der Waals surface area contributed by atoms with Gasteiger partial charge in [0.2, 0.25) is 0 Å². The highest BCUT2D eigenvalue weighted by Crippen LogP contribution is 2.22. The van der Waals surface area contributed by atoms with E-state index in [1.807, 2.05) is 12.1 Å². The highest BCUT2D eigenvalue weighted by Gasteiger charge is 2.10. The van der Waals surface area contributed by atoms with Crippen LogP contribution in [0.15, 0.2) is 42.5 Å². The van der Waals surface area contributed by atoms with Crippen LogP contribution in [0.3, 0.4) is 0 Å². The fourth-order valence-corrected chi connectivity index (χ4v) is 2.57. The van der Waals surface area contributed by atoms with E-state index >= 15 is 0 Å². The Hall–Kier alpha value is -1.96. The molecule has 1 atom stereocenters. The topological polar surface area (TPSA) is 21.3 Å². The second-order valence-electron chi connectivity index (χ2n) is 5.80. The van der Waals surface area contributed by atoms with Gasteiger partial charge in [0.1, 0.15) is 11.9 Å². The van der Waals surface area contributed by atoms with Gasteiger partial charge in [-0.05, 0) is 49.9 Å². The first-order chi connectivity index (χ1) is 10.6. The Morgan fingerprint density at radius 3 is 2.36 bits per heavy atom. The van der Waals surface area contributed by atoms with E-state index in [-0.39, 0.29) is 6.10 Å². The second-order valence-corrected chi connectivity index (χ2v) is 5.80. The van der Waals surface area contributed by atoms with Gasteiger partial charge in [0.05, 0.1) is 6.54 Å². The maximum atomic E-state index is 6.09. The first kappa shape index (κ1) is 16.4. The van der Waals surface area contributed by atoms with Crippen LogP contribution in [0.25, 0.3) is 0 Å². The van der Waals surface area contributed by atoms with Gasteiger partial charge in [-0.15, -0.1) is 0 Å². The molecule has 2 rings (SSSR count). The highest BCUT2D eigenvalue weighted by molar-refractivity contribution is 5.57. The second kappa shape index (κ2) is 7.88. The van der Waals surface area contributed by atoms with E-state index in [4.69, 9.17) is 4.74 Å². The van der Waals surface area contributed by atoms with Crippen molar-refractivity contribution in [3.63, 3.8) is 0 Å². The minimum Gasteiger partial charge on any atom is -0.489 e. The Kier molecular flexibility index (Phi) is 5.88. The summed E-state index contributed by atoms with van der Waals surface area (Å²) in [6, 6.07) is 14.7. The first-order valence-electron chi connectivity index (χ1n) is 8.19. The van der Waals surface area contributed by atoms with E-state index in [0.29, 0.717) is 0 Å². The summed E-state index contributed by atoms with van der Waals surface area (Å²) in [6.07, 6.45) is 2.19. The fraction of sp³-hybridized carbons (Fsp3) is 0.400. The monoisotopic (exact) mass is 297 g/mol. The third-order valence-corrected chi connectivity index (χ3v) is 4.03. The van der Waals surface area contributed by atoms with Gasteiger partial charge in [0, 0.05) is 5.69 Å². The van der Waals surface area contributed by atoms with Crippen molar-refractivity contribution in [2.24, 2.45) is 0 Å². The molecule has 118 valence electrons. The Morgan fingerprint density at radius 1 is 1.00 bits per heavy atom. The molecule has 0 fully saturated rings. The quantitative estimate of drug-likeness (QED) is 0.764. The maximum absolute atomic E-state index is 6.09. The predicted octanol–water partition coefficient (Wildman–Crippen LogP) is 5.14. The number of aryl methyl sites for hydroxylation is 3. The van der Waals surface area contributed by atoms with Gasteiger partial charge in [-0.25, -0.2) is 0 Å². The number of nitrogens with one attached hydrogen (secondary N) is 1. The molecule has 0 amide bonds. The molecule has 2 nitrogen and oxygen atoms in total. The lowest BCUT2D eigenvalue weighted by atomic mass is 10.1. The molecule has 0 bridgehead atoms. The molecule has 1 N–H and O–H groups in total. The molecule has 2 aromatic carbocycles. The number of ether oxygens (including phenoxy) is 1. The number of hydrogen-bond donors (Lipinski definition) is 1. The van der Waals surface area contributed by atoms with Gasteiger partial charge < -0.3 is 10.1 Å². The van der Waals surface area contributed by atoms with E-state index in [2.05, 4.69) is 63.3 Å². The van der Waals surface area contributed by atoms with Crippen molar-refractivity contribution in [1.29, 1.82) is 0 Å². The summed E-state index contributed by atoms with van der Waals surface area (Å²) in [5.41, 5.74) is 5.18. The number of para-hydroxylation sites is 1. The van der Waals surface area contributed by atoms with Crippen LogP contribution in [-0.2, 0) is 6.42 Å². The molecule has 2 heteroatoms. The summed E-state index contributed by atoms with van der Waals surface area (Å²) in [5, 5.41) is 3.59. The number of benzene rings is 2. The van der Waals surface area contributed by atoms with Crippen molar-refractivity contribution >= 4 is 5.69 Å². The highest BCUT2D eigenvalue weighted by atomic mass is 16.5.